The highest BCUT2D eigenvalue weighted by atomic mass is 16.5. The number of carbonyl (C=O) groups is 3. The van der Waals surface area contributed by atoms with E-state index < -0.39 is 23.4 Å². The van der Waals surface area contributed by atoms with Crippen molar-refractivity contribution in [2.75, 3.05) is 0 Å². The third-order valence-corrected chi connectivity index (χ3v) is 3.52. The lowest BCUT2D eigenvalue weighted by Gasteiger charge is -2.09. The Morgan fingerprint density at radius 2 is 1.71 bits per heavy atom. The number of carboxylic acids is 1. The molecule has 7 nitrogen and oxygen atoms in total. The second-order valence-corrected chi connectivity index (χ2v) is 4.99. The number of rotatable bonds is 4. The first kappa shape index (κ1) is 15.3. The Balaban J connectivity index is 2.03. The maximum absolute atomic E-state index is 12.4. The molecule has 0 unspecified atom stereocenters. The number of esters is 1. The number of aromatic amines is 1. The van der Waals surface area contributed by atoms with Crippen LogP contribution in [0.5, 0.6) is 5.75 Å². The Morgan fingerprint density at radius 1 is 1.00 bits per heavy atom. The molecule has 0 fully saturated rings. The van der Waals surface area contributed by atoms with Crippen molar-refractivity contribution >= 4 is 28.7 Å². The van der Waals surface area contributed by atoms with E-state index in [-0.39, 0.29) is 16.9 Å². The molecule has 0 spiro atoms. The molecule has 7 heteroatoms. The van der Waals surface area contributed by atoms with Crippen LogP contribution < -0.4 is 10.5 Å². The van der Waals surface area contributed by atoms with Gasteiger partial charge in [-0.2, -0.15) is 0 Å². The molecular formula is C17H12N2O5. The van der Waals surface area contributed by atoms with Crippen LogP contribution in [-0.4, -0.2) is 27.9 Å². The molecule has 2 aromatic carbocycles. The second kappa shape index (κ2) is 5.88. The number of nitrogens with two attached hydrogens (primary N) is 1. The molecule has 0 radical (unpaired) electrons. The van der Waals surface area contributed by atoms with E-state index in [4.69, 9.17) is 10.5 Å². The van der Waals surface area contributed by atoms with Crippen LogP contribution in [0.3, 0.4) is 0 Å². The number of ether oxygens (including phenoxy) is 1. The predicted molar refractivity (Wildman–Crippen MR) is 85.2 cm³/mol. The van der Waals surface area contributed by atoms with Gasteiger partial charge in [0.2, 0.25) is 5.91 Å². The molecule has 0 atom stereocenters. The molecule has 0 aliphatic rings. The van der Waals surface area contributed by atoms with Gasteiger partial charge < -0.3 is 20.6 Å². The molecule has 0 saturated heterocycles. The topological polar surface area (TPSA) is 122 Å². The van der Waals surface area contributed by atoms with Crippen molar-refractivity contribution in [3.63, 3.8) is 0 Å². The van der Waals surface area contributed by atoms with Crippen LogP contribution in [-0.2, 0) is 0 Å². The first-order valence-electron chi connectivity index (χ1n) is 6.93. The largest absolute Gasteiger partial charge is 0.478 e. The number of para-hydroxylation sites is 1. The van der Waals surface area contributed by atoms with Crippen LogP contribution in [0.25, 0.3) is 10.9 Å². The molecule has 1 heterocycles. The summed E-state index contributed by atoms with van der Waals surface area (Å²) in [5.74, 6) is -3.00. The number of hydrogen-bond donors (Lipinski definition) is 3. The Morgan fingerprint density at radius 3 is 2.42 bits per heavy atom. The highest BCUT2D eigenvalue weighted by Crippen LogP contribution is 2.26. The van der Waals surface area contributed by atoms with Gasteiger partial charge in [0.05, 0.1) is 16.7 Å². The van der Waals surface area contributed by atoms with E-state index in [0.29, 0.717) is 5.39 Å². The fraction of sp³-hybridized carbons (Fsp3) is 0. The van der Waals surface area contributed by atoms with Gasteiger partial charge in [-0.3, -0.25) is 4.79 Å². The highest BCUT2D eigenvalue weighted by molar-refractivity contribution is 6.11. The average Bonchev–Trinajstić information content (AvgIpc) is 2.97. The van der Waals surface area contributed by atoms with E-state index >= 15 is 0 Å². The van der Waals surface area contributed by atoms with Gasteiger partial charge in [0.1, 0.15) is 0 Å². The standard InChI is InChI=1S/C17H12N2O5/c18-15(20)10-5-3-6-11(14(10)16(21)22)17(23)24-13-8-19-12-7-2-1-4-9(12)13/h1-8,19H,(H2,18,20)(H,21,22). The number of aromatic carboxylic acids is 1. The zero-order chi connectivity index (χ0) is 17.3. The van der Waals surface area contributed by atoms with Crippen molar-refractivity contribution in [3.8, 4) is 5.75 Å². The summed E-state index contributed by atoms with van der Waals surface area (Å²) >= 11 is 0. The number of H-pyrrole nitrogens is 1. The molecule has 0 aliphatic heterocycles. The zero-order valence-electron chi connectivity index (χ0n) is 12.3. The molecule has 0 saturated carbocycles. The van der Waals surface area contributed by atoms with Gasteiger partial charge in [0, 0.05) is 17.1 Å². The van der Waals surface area contributed by atoms with Crippen molar-refractivity contribution in [3.05, 3.63) is 65.4 Å². The normalized spacial score (nSPS) is 10.5. The minimum Gasteiger partial charge on any atom is -0.478 e. The number of fused-ring (bicyclic) bond motifs is 1. The summed E-state index contributed by atoms with van der Waals surface area (Å²) in [5, 5.41) is 10.00. The summed E-state index contributed by atoms with van der Waals surface area (Å²) in [5.41, 5.74) is 4.96. The number of primary amides is 1. The lowest BCUT2D eigenvalue weighted by molar-refractivity contribution is 0.0665. The highest BCUT2D eigenvalue weighted by Gasteiger charge is 2.24. The zero-order valence-corrected chi connectivity index (χ0v) is 12.3. The first-order chi connectivity index (χ1) is 11.5. The van der Waals surface area contributed by atoms with Crippen LogP contribution in [0.15, 0.2) is 48.7 Å². The van der Waals surface area contributed by atoms with Gasteiger partial charge >= 0.3 is 11.9 Å². The molecule has 120 valence electrons. The van der Waals surface area contributed by atoms with Crippen LogP contribution in [0.2, 0.25) is 0 Å². The van der Waals surface area contributed by atoms with Crippen molar-refractivity contribution in [2.24, 2.45) is 5.73 Å². The van der Waals surface area contributed by atoms with Gasteiger partial charge in [-0.05, 0) is 24.3 Å². The number of aromatic nitrogens is 1. The van der Waals surface area contributed by atoms with E-state index in [1.807, 2.05) is 12.1 Å². The van der Waals surface area contributed by atoms with Gasteiger partial charge in [0.25, 0.3) is 0 Å². The SMILES string of the molecule is NC(=O)c1cccc(C(=O)Oc2c[nH]c3ccccc23)c1C(=O)O. The van der Waals surface area contributed by atoms with Gasteiger partial charge in [-0.15, -0.1) is 0 Å². The molecule has 4 N–H and O–H groups in total. The van der Waals surface area contributed by atoms with Crippen molar-refractivity contribution in [2.45, 2.75) is 0 Å². The molecule has 24 heavy (non-hydrogen) atoms. The predicted octanol–water partition coefficient (Wildman–Crippen LogP) is 2.18. The van der Waals surface area contributed by atoms with Crippen LogP contribution >= 0.6 is 0 Å². The molecule has 1 aromatic heterocycles. The summed E-state index contributed by atoms with van der Waals surface area (Å²) in [4.78, 5) is 38.2. The fourth-order valence-corrected chi connectivity index (χ4v) is 2.44. The molecule has 1 amide bonds. The number of amides is 1. The number of hydrogen-bond acceptors (Lipinski definition) is 4. The van der Waals surface area contributed by atoms with Crippen LogP contribution in [0.1, 0.15) is 31.1 Å². The second-order valence-electron chi connectivity index (χ2n) is 4.99. The number of carboxylic acid groups (broad SMARTS) is 1. The number of nitrogens with one attached hydrogen (secondary N) is 1. The molecule has 3 rings (SSSR count). The summed E-state index contributed by atoms with van der Waals surface area (Å²) in [7, 11) is 0. The lowest BCUT2D eigenvalue weighted by atomic mass is 10.0. The van der Waals surface area contributed by atoms with E-state index in [9.17, 15) is 19.5 Å². The van der Waals surface area contributed by atoms with Crippen LogP contribution in [0, 0.1) is 0 Å². The van der Waals surface area contributed by atoms with Gasteiger partial charge in [0.15, 0.2) is 5.75 Å². The lowest BCUT2D eigenvalue weighted by Crippen LogP contribution is -2.21. The smallest absolute Gasteiger partial charge is 0.344 e. The third-order valence-electron chi connectivity index (χ3n) is 3.52. The number of benzene rings is 2. The summed E-state index contributed by atoms with van der Waals surface area (Å²) in [6.07, 6.45) is 1.50. The Hall–Kier alpha value is -3.61. The third kappa shape index (κ3) is 2.58. The summed E-state index contributed by atoms with van der Waals surface area (Å²) < 4.78 is 5.29. The molecule has 0 aliphatic carbocycles. The maximum atomic E-state index is 12.4. The fourth-order valence-electron chi connectivity index (χ4n) is 2.44. The van der Waals surface area contributed by atoms with Crippen molar-refractivity contribution in [1.29, 1.82) is 0 Å². The summed E-state index contributed by atoms with van der Waals surface area (Å²) in [6, 6.07) is 11.1. The van der Waals surface area contributed by atoms with E-state index in [1.165, 1.54) is 24.4 Å². The Labute approximate surface area is 135 Å². The van der Waals surface area contributed by atoms with Crippen LogP contribution in [0.4, 0.5) is 0 Å². The minimum absolute atomic E-state index is 0.246. The van der Waals surface area contributed by atoms with E-state index in [2.05, 4.69) is 4.98 Å². The van der Waals surface area contributed by atoms with Crippen molar-refractivity contribution in [1.82, 2.24) is 4.98 Å². The molecule has 0 bridgehead atoms. The summed E-state index contributed by atoms with van der Waals surface area (Å²) in [6.45, 7) is 0. The van der Waals surface area contributed by atoms with Crippen molar-refractivity contribution < 1.29 is 24.2 Å². The monoisotopic (exact) mass is 324 g/mol. The Kier molecular flexibility index (Phi) is 3.75. The maximum Gasteiger partial charge on any atom is 0.344 e. The van der Waals surface area contributed by atoms with E-state index in [0.717, 1.165) is 5.52 Å². The average molecular weight is 324 g/mol. The molecule has 3 aromatic rings. The number of carbonyl (C=O) groups excluding carboxylic acids is 2. The minimum atomic E-state index is -1.43. The first-order valence-corrected chi connectivity index (χ1v) is 6.93. The van der Waals surface area contributed by atoms with E-state index in [1.54, 1.807) is 12.1 Å². The quantitative estimate of drug-likeness (QED) is 0.635. The molecular weight excluding hydrogens is 312 g/mol. The van der Waals surface area contributed by atoms with Gasteiger partial charge in [-0.1, -0.05) is 18.2 Å². The Bertz CT molecular complexity index is 974. The van der Waals surface area contributed by atoms with Gasteiger partial charge in [-0.25, -0.2) is 9.59 Å².